The number of carbonyl (C=O) groups excluding carboxylic acids is 2. The molecule has 0 aliphatic heterocycles. The summed E-state index contributed by atoms with van der Waals surface area (Å²) in [7, 11) is -5.94. The molecule has 0 amide bonds. The van der Waals surface area contributed by atoms with Crippen LogP contribution in [0.15, 0.2) is 0 Å². The fraction of sp³-hybridized carbons (Fsp3) is 0.895. The van der Waals surface area contributed by atoms with Crippen LogP contribution in [-0.2, 0) is 23.3 Å². The van der Waals surface area contributed by atoms with Gasteiger partial charge in [-0.05, 0) is 35.7 Å². The van der Waals surface area contributed by atoms with Gasteiger partial charge in [0.05, 0.1) is 16.9 Å². The highest BCUT2D eigenvalue weighted by Crippen LogP contribution is 2.65. The van der Waals surface area contributed by atoms with Crippen molar-refractivity contribution in [3.8, 4) is 0 Å². The van der Waals surface area contributed by atoms with Gasteiger partial charge in [-0.25, -0.2) is 3.63 Å². The van der Waals surface area contributed by atoms with Gasteiger partial charge in [0.2, 0.25) is 0 Å². The Bertz CT molecular complexity index is 676. The average molecular weight is 407 g/mol. The third kappa shape index (κ3) is 3.63. The maximum Gasteiger partial charge on any atom is 0.277 e. The molecule has 0 aromatic carbocycles. The summed E-state index contributed by atoms with van der Waals surface area (Å²) in [5.41, 5.74) is -1.14. The van der Waals surface area contributed by atoms with E-state index in [0.717, 1.165) is 6.42 Å². The van der Waals surface area contributed by atoms with Gasteiger partial charge >= 0.3 is 0 Å². The first-order valence-electron chi connectivity index (χ1n) is 9.61. The molecule has 2 atom stereocenters. The van der Waals surface area contributed by atoms with Crippen molar-refractivity contribution in [3.63, 3.8) is 0 Å². The lowest BCUT2D eigenvalue weighted by atomic mass is 9.70. The number of rotatable bonds is 9. The Morgan fingerprint density at radius 1 is 1.23 bits per heavy atom. The van der Waals surface area contributed by atoms with Crippen molar-refractivity contribution in [1.82, 2.24) is 0 Å². The van der Waals surface area contributed by atoms with Crippen LogP contribution in [-0.4, -0.2) is 43.0 Å². The molecule has 2 bridgehead atoms. The zero-order valence-corrected chi connectivity index (χ0v) is 18.6. The monoisotopic (exact) mass is 406 g/mol. The number of hydrogen-bond acceptors (Lipinski definition) is 5. The molecule has 2 aliphatic carbocycles. The Kier molecular flexibility index (Phi) is 6.07. The van der Waals surface area contributed by atoms with E-state index in [1.54, 1.807) is 0 Å². The summed E-state index contributed by atoms with van der Waals surface area (Å²) >= 11 is 0. The zero-order chi connectivity index (χ0) is 20.0. The van der Waals surface area contributed by atoms with Crippen molar-refractivity contribution < 1.29 is 21.6 Å². The number of fused-ring (bicyclic) bond motifs is 2. The van der Waals surface area contributed by atoms with Crippen LogP contribution in [0.3, 0.4) is 0 Å². The number of Topliss-reactive ketones (excluding diaryl/α,β-unsaturated/α-hetero) is 2. The van der Waals surface area contributed by atoms with Crippen molar-refractivity contribution >= 4 is 32.0 Å². The van der Waals surface area contributed by atoms with Gasteiger partial charge in [0.25, 0.3) is 10.1 Å². The van der Waals surface area contributed by atoms with Gasteiger partial charge in [0.15, 0.2) is 0 Å². The van der Waals surface area contributed by atoms with E-state index in [1.165, 1.54) is 0 Å². The predicted molar refractivity (Wildman–Crippen MR) is 107 cm³/mol. The van der Waals surface area contributed by atoms with Crippen molar-refractivity contribution in [3.05, 3.63) is 0 Å². The van der Waals surface area contributed by atoms with Crippen LogP contribution in [0.2, 0.25) is 0 Å². The lowest BCUT2D eigenvalue weighted by molar-refractivity contribution is -0.128. The molecule has 0 heterocycles. The first-order valence-corrected chi connectivity index (χ1v) is 13.2. The first kappa shape index (κ1) is 21.9. The van der Waals surface area contributed by atoms with Crippen molar-refractivity contribution in [2.75, 3.05) is 23.0 Å². The molecule has 26 heavy (non-hydrogen) atoms. The summed E-state index contributed by atoms with van der Waals surface area (Å²) < 4.78 is 31.8. The molecule has 5 nitrogen and oxygen atoms in total. The van der Waals surface area contributed by atoms with E-state index in [1.807, 2.05) is 41.5 Å². The minimum Gasteiger partial charge on any atom is -0.299 e. The molecule has 152 valence electrons. The maximum absolute atomic E-state index is 13.0. The van der Waals surface area contributed by atoms with Gasteiger partial charge in [-0.2, -0.15) is 8.42 Å². The number of ketones is 2. The summed E-state index contributed by atoms with van der Waals surface area (Å²) in [5, 5.41) is 0. The molecule has 0 aromatic heterocycles. The summed E-state index contributed by atoms with van der Waals surface area (Å²) in [5.74, 6) is 1.20. The van der Waals surface area contributed by atoms with Crippen molar-refractivity contribution in [2.45, 2.75) is 60.8 Å². The van der Waals surface area contributed by atoms with E-state index in [-0.39, 0.29) is 40.3 Å². The van der Waals surface area contributed by atoms with Crippen molar-refractivity contribution in [2.24, 2.45) is 22.7 Å². The fourth-order valence-corrected chi connectivity index (χ4v) is 10.5. The Morgan fingerprint density at radius 3 is 2.19 bits per heavy atom. The highest BCUT2D eigenvalue weighted by atomic mass is 32.3. The van der Waals surface area contributed by atoms with E-state index in [2.05, 4.69) is 0 Å². The van der Waals surface area contributed by atoms with E-state index >= 15 is 0 Å². The summed E-state index contributed by atoms with van der Waals surface area (Å²) in [4.78, 5) is 24.9. The lowest BCUT2D eigenvalue weighted by Crippen LogP contribution is -2.43. The smallest absolute Gasteiger partial charge is 0.277 e. The largest absolute Gasteiger partial charge is 0.299 e. The lowest BCUT2D eigenvalue weighted by Gasteiger charge is -2.40. The van der Waals surface area contributed by atoms with Gasteiger partial charge in [-0.3, -0.25) is 9.59 Å². The molecule has 2 rings (SSSR count). The number of carbonyl (C=O) groups is 2. The molecule has 0 radical (unpaired) electrons. The van der Waals surface area contributed by atoms with E-state index < -0.39 is 25.8 Å². The molecule has 0 aromatic rings. The third-order valence-electron chi connectivity index (χ3n) is 6.91. The van der Waals surface area contributed by atoms with Crippen LogP contribution in [0.1, 0.15) is 60.8 Å². The predicted octanol–water partition coefficient (Wildman–Crippen LogP) is 3.71. The molecular formula is C19H34O5S2. The van der Waals surface area contributed by atoms with E-state index in [4.69, 9.17) is 3.63 Å². The minimum atomic E-state index is -3.90. The van der Waals surface area contributed by atoms with Crippen LogP contribution in [0.25, 0.3) is 0 Å². The SMILES string of the molecule is CCS(CC)(CC(=O)C(C)C)OS(=O)(=O)CC12CCC(CC1=O)C2(C)C. The Labute approximate surface area is 160 Å². The zero-order valence-electron chi connectivity index (χ0n) is 17.0. The van der Waals surface area contributed by atoms with Crippen LogP contribution in [0.4, 0.5) is 0 Å². The quantitative estimate of drug-likeness (QED) is 0.583. The first-order chi connectivity index (χ1) is 11.8. The highest BCUT2D eigenvalue weighted by Gasteiger charge is 2.65. The molecule has 7 heteroatoms. The molecule has 0 N–H and O–H groups in total. The van der Waals surface area contributed by atoms with Gasteiger partial charge in [-0.1, -0.05) is 41.5 Å². The molecule has 0 spiro atoms. The van der Waals surface area contributed by atoms with Crippen molar-refractivity contribution in [1.29, 1.82) is 0 Å². The topological polar surface area (TPSA) is 77.5 Å². The fourth-order valence-electron chi connectivity index (χ4n) is 4.61. The Morgan fingerprint density at radius 2 is 1.81 bits per heavy atom. The van der Waals surface area contributed by atoms with Gasteiger partial charge in [-0.15, -0.1) is 10.3 Å². The molecule has 2 unspecified atom stereocenters. The maximum atomic E-state index is 13.0. The number of hydrogen-bond donors (Lipinski definition) is 0. The second-order valence-corrected chi connectivity index (χ2v) is 14.1. The second kappa shape index (κ2) is 7.21. The third-order valence-corrected chi connectivity index (χ3v) is 12.7. The molecule has 2 fully saturated rings. The molecule has 2 saturated carbocycles. The van der Waals surface area contributed by atoms with Gasteiger partial charge in [0, 0.05) is 12.3 Å². The Hall–Kier alpha value is -0.400. The van der Waals surface area contributed by atoms with Crippen LogP contribution >= 0.6 is 10.3 Å². The van der Waals surface area contributed by atoms with Gasteiger partial charge in [0.1, 0.15) is 11.6 Å². The van der Waals surface area contributed by atoms with Gasteiger partial charge < -0.3 is 0 Å². The summed E-state index contributed by atoms with van der Waals surface area (Å²) in [6.45, 7) is 11.5. The van der Waals surface area contributed by atoms with Crippen LogP contribution in [0, 0.1) is 22.7 Å². The Balaban J connectivity index is 2.26. The minimum absolute atomic E-state index is 0.0373. The normalized spacial score (nSPS) is 28.7. The average Bonchev–Trinajstić information content (AvgIpc) is 2.87. The van der Waals surface area contributed by atoms with E-state index in [9.17, 15) is 18.0 Å². The second-order valence-electron chi connectivity index (χ2n) is 8.75. The molecule has 2 aliphatic rings. The van der Waals surface area contributed by atoms with E-state index in [0.29, 0.717) is 24.3 Å². The highest BCUT2D eigenvalue weighted by molar-refractivity contribution is 8.33. The summed E-state index contributed by atoms with van der Waals surface area (Å²) in [6, 6.07) is 0. The summed E-state index contributed by atoms with van der Waals surface area (Å²) in [6.07, 6.45) is 2.01. The molecule has 0 saturated heterocycles. The van der Waals surface area contributed by atoms with Crippen LogP contribution in [0.5, 0.6) is 0 Å². The van der Waals surface area contributed by atoms with Crippen LogP contribution < -0.4 is 0 Å². The molecular weight excluding hydrogens is 372 g/mol. The standard InChI is InChI=1S/C19H34O5S2/c1-7-25(8-2,12-16(20)14(3)4)24-26(22,23)13-19-10-9-15(11-17(19)21)18(19,5)6/h14-15H,7-13H2,1-6H3.